The Morgan fingerprint density at radius 2 is 1.80 bits per heavy atom. The number of pyridine rings is 3. The van der Waals surface area contributed by atoms with Gasteiger partial charge in [0.1, 0.15) is 17.3 Å². The number of nitriles is 1. The third kappa shape index (κ3) is 2.83. The molecule has 0 spiro atoms. The number of nitrogens with zero attached hydrogens (tertiary/aromatic N) is 3. The molecule has 5 heteroatoms. The van der Waals surface area contributed by atoms with E-state index in [0.717, 1.165) is 33.3 Å². The lowest BCUT2D eigenvalue weighted by Crippen LogP contribution is -2.12. The van der Waals surface area contributed by atoms with Crippen LogP contribution in [-0.2, 0) is 0 Å². The highest BCUT2D eigenvalue weighted by molar-refractivity contribution is 5.93. The number of nitrogens with one attached hydrogen (secondary N) is 1. The van der Waals surface area contributed by atoms with Crippen LogP contribution >= 0.6 is 0 Å². The van der Waals surface area contributed by atoms with Gasteiger partial charge in [-0.3, -0.25) is 9.78 Å². The number of hydrogen-bond donors (Lipinski definition) is 1. The first-order chi connectivity index (χ1) is 14.7. The Labute approximate surface area is 172 Å². The molecule has 0 amide bonds. The number of aryl methyl sites for hydroxylation is 1. The van der Waals surface area contributed by atoms with Crippen molar-refractivity contribution in [3.63, 3.8) is 0 Å². The standard InChI is InChI=1S/C25H16N4O/c1-15-21(14-26)24(30)20-13-19(17-9-10-22-18(12-17)8-5-11-27-22)23(29-25(20)28-15)16-6-3-2-4-7-16/h2-13H,1H3,(H,28,29,30). The fraction of sp³-hybridized carbons (Fsp3) is 0.0400. The van der Waals surface area contributed by atoms with Gasteiger partial charge in [0.05, 0.1) is 16.6 Å². The predicted octanol–water partition coefficient (Wildman–Crippen LogP) is 4.99. The van der Waals surface area contributed by atoms with Crippen molar-refractivity contribution in [2.75, 3.05) is 0 Å². The van der Waals surface area contributed by atoms with Gasteiger partial charge in [-0.05, 0) is 36.8 Å². The molecule has 0 aliphatic rings. The van der Waals surface area contributed by atoms with Gasteiger partial charge < -0.3 is 4.98 Å². The van der Waals surface area contributed by atoms with Crippen LogP contribution in [0.15, 0.2) is 77.7 Å². The maximum Gasteiger partial charge on any atom is 0.209 e. The number of H-pyrrole nitrogens is 1. The Balaban J connectivity index is 1.88. The van der Waals surface area contributed by atoms with Crippen molar-refractivity contribution in [2.45, 2.75) is 6.92 Å². The quantitative estimate of drug-likeness (QED) is 0.462. The molecular formula is C25H16N4O. The third-order valence-corrected chi connectivity index (χ3v) is 5.25. The highest BCUT2D eigenvalue weighted by atomic mass is 16.1. The van der Waals surface area contributed by atoms with E-state index in [0.29, 0.717) is 16.7 Å². The number of hydrogen-bond acceptors (Lipinski definition) is 4. The molecule has 142 valence electrons. The molecule has 0 atom stereocenters. The van der Waals surface area contributed by atoms with Gasteiger partial charge in [0.15, 0.2) is 0 Å². The molecule has 2 aromatic carbocycles. The van der Waals surface area contributed by atoms with Crippen LogP contribution in [-0.4, -0.2) is 15.0 Å². The predicted molar refractivity (Wildman–Crippen MR) is 118 cm³/mol. The van der Waals surface area contributed by atoms with E-state index >= 15 is 0 Å². The molecule has 3 heterocycles. The average Bonchev–Trinajstić information content (AvgIpc) is 2.79. The summed E-state index contributed by atoms with van der Waals surface area (Å²) in [7, 11) is 0. The zero-order chi connectivity index (χ0) is 20.7. The zero-order valence-corrected chi connectivity index (χ0v) is 16.2. The molecule has 3 aromatic heterocycles. The van der Waals surface area contributed by atoms with Crippen LogP contribution in [0.1, 0.15) is 11.3 Å². The van der Waals surface area contributed by atoms with E-state index in [-0.39, 0.29) is 11.0 Å². The maximum absolute atomic E-state index is 12.9. The molecule has 0 unspecified atom stereocenters. The summed E-state index contributed by atoms with van der Waals surface area (Å²) < 4.78 is 0. The van der Waals surface area contributed by atoms with Gasteiger partial charge in [0.25, 0.3) is 0 Å². The summed E-state index contributed by atoms with van der Waals surface area (Å²) in [5, 5.41) is 10.8. The summed E-state index contributed by atoms with van der Waals surface area (Å²) in [6.45, 7) is 1.72. The van der Waals surface area contributed by atoms with Crippen LogP contribution in [0.2, 0.25) is 0 Å². The highest BCUT2D eigenvalue weighted by Gasteiger charge is 2.16. The number of benzene rings is 2. The minimum atomic E-state index is -0.306. The van der Waals surface area contributed by atoms with Gasteiger partial charge in [0.2, 0.25) is 5.43 Å². The molecule has 0 aliphatic carbocycles. The first-order valence-corrected chi connectivity index (χ1v) is 9.54. The number of aromatic nitrogens is 3. The molecule has 0 saturated heterocycles. The van der Waals surface area contributed by atoms with Crippen molar-refractivity contribution in [2.24, 2.45) is 0 Å². The lowest BCUT2D eigenvalue weighted by atomic mass is 9.96. The van der Waals surface area contributed by atoms with Crippen molar-refractivity contribution in [3.05, 3.63) is 94.4 Å². The molecule has 1 N–H and O–H groups in total. The van der Waals surface area contributed by atoms with Crippen LogP contribution in [0.5, 0.6) is 0 Å². The van der Waals surface area contributed by atoms with E-state index in [1.807, 2.05) is 72.8 Å². The molecular weight excluding hydrogens is 372 g/mol. The first kappa shape index (κ1) is 17.8. The summed E-state index contributed by atoms with van der Waals surface area (Å²) in [6.07, 6.45) is 1.76. The van der Waals surface area contributed by atoms with Crippen molar-refractivity contribution < 1.29 is 0 Å². The second-order valence-corrected chi connectivity index (χ2v) is 7.12. The smallest absolute Gasteiger partial charge is 0.209 e. The summed E-state index contributed by atoms with van der Waals surface area (Å²) in [5.74, 6) is 0. The largest absolute Gasteiger partial charge is 0.342 e. The molecule has 5 aromatic rings. The summed E-state index contributed by atoms with van der Waals surface area (Å²) in [6, 6.07) is 23.6. The first-order valence-electron chi connectivity index (χ1n) is 9.54. The fourth-order valence-corrected chi connectivity index (χ4v) is 3.74. The molecule has 5 nitrogen and oxygen atoms in total. The van der Waals surface area contributed by atoms with E-state index in [1.165, 1.54) is 0 Å². The Bertz CT molecular complexity index is 1530. The molecule has 0 fully saturated rings. The SMILES string of the molecule is Cc1[nH]c2nc(-c3ccccc3)c(-c3ccc4ncccc4c3)cc2c(=O)c1C#N. The zero-order valence-electron chi connectivity index (χ0n) is 16.2. The molecule has 0 aliphatic heterocycles. The minimum Gasteiger partial charge on any atom is -0.342 e. The van der Waals surface area contributed by atoms with Crippen LogP contribution in [0.25, 0.3) is 44.3 Å². The van der Waals surface area contributed by atoms with E-state index in [9.17, 15) is 10.1 Å². The summed E-state index contributed by atoms with van der Waals surface area (Å²) in [5.41, 5.74) is 5.18. The van der Waals surface area contributed by atoms with Gasteiger partial charge in [-0.15, -0.1) is 0 Å². The number of rotatable bonds is 2. The summed E-state index contributed by atoms with van der Waals surface area (Å²) >= 11 is 0. The average molecular weight is 388 g/mol. The van der Waals surface area contributed by atoms with Crippen LogP contribution in [0.4, 0.5) is 0 Å². The van der Waals surface area contributed by atoms with Crippen molar-refractivity contribution in [3.8, 4) is 28.5 Å². The normalized spacial score (nSPS) is 10.9. The Morgan fingerprint density at radius 1 is 0.967 bits per heavy atom. The van der Waals surface area contributed by atoms with Gasteiger partial charge in [-0.2, -0.15) is 5.26 Å². The monoisotopic (exact) mass is 388 g/mol. The van der Waals surface area contributed by atoms with E-state index in [2.05, 4.69) is 9.97 Å². The molecule has 0 saturated carbocycles. The van der Waals surface area contributed by atoms with Gasteiger partial charge in [-0.25, -0.2) is 4.98 Å². The van der Waals surface area contributed by atoms with Gasteiger partial charge in [-0.1, -0.05) is 42.5 Å². The van der Waals surface area contributed by atoms with Crippen LogP contribution in [0.3, 0.4) is 0 Å². The number of fused-ring (bicyclic) bond motifs is 2. The second-order valence-electron chi connectivity index (χ2n) is 7.12. The maximum atomic E-state index is 12.9. The highest BCUT2D eigenvalue weighted by Crippen LogP contribution is 2.33. The van der Waals surface area contributed by atoms with Crippen molar-refractivity contribution in [1.29, 1.82) is 5.26 Å². The Hall–Kier alpha value is -4.30. The Morgan fingerprint density at radius 3 is 2.60 bits per heavy atom. The van der Waals surface area contributed by atoms with E-state index < -0.39 is 0 Å². The van der Waals surface area contributed by atoms with Crippen LogP contribution < -0.4 is 5.43 Å². The Kier molecular flexibility index (Phi) is 4.11. The second kappa shape index (κ2) is 6.94. The van der Waals surface area contributed by atoms with E-state index in [1.54, 1.807) is 13.1 Å². The molecule has 30 heavy (non-hydrogen) atoms. The summed E-state index contributed by atoms with van der Waals surface area (Å²) in [4.78, 5) is 25.3. The third-order valence-electron chi connectivity index (χ3n) is 5.25. The molecule has 0 radical (unpaired) electrons. The van der Waals surface area contributed by atoms with Gasteiger partial charge in [0, 0.05) is 28.4 Å². The van der Waals surface area contributed by atoms with Crippen LogP contribution in [0, 0.1) is 18.3 Å². The lowest BCUT2D eigenvalue weighted by molar-refractivity contribution is 1.17. The minimum absolute atomic E-state index is 0.116. The topological polar surface area (TPSA) is 82.4 Å². The lowest BCUT2D eigenvalue weighted by Gasteiger charge is -2.13. The van der Waals surface area contributed by atoms with Crippen molar-refractivity contribution in [1.82, 2.24) is 15.0 Å². The molecule has 0 bridgehead atoms. The molecule has 5 rings (SSSR count). The van der Waals surface area contributed by atoms with Crippen molar-refractivity contribution >= 4 is 21.9 Å². The van der Waals surface area contributed by atoms with Gasteiger partial charge >= 0.3 is 0 Å². The van der Waals surface area contributed by atoms with E-state index in [4.69, 9.17) is 4.98 Å². The fourth-order valence-electron chi connectivity index (χ4n) is 3.74. The number of aromatic amines is 1.